The molecule has 1 fully saturated rings. The van der Waals surface area contributed by atoms with E-state index in [2.05, 4.69) is 45.9 Å². The summed E-state index contributed by atoms with van der Waals surface area (Å²) in [7, 11) is 0. The Hall–Kier alpha value is -1.61. The van der Waals surface area contributed by atoms with Crippen LogP contribution < -0.4 is 0 Å². The highest BCUT2D eigenvalue weighted by Crippen LogP contribution is 2.50. The van der Waals surface area contributed by atoms with E-state index in [9.17, 15) is 9.90 Å². The highest BCUT2D eigenvalue weighted by Gasteiger charge is 2.45. The van der Waals surface area contributed by atoms with E-state index in [1.807, 2.05) is 6.08 Å². The summed E-state index contributed by atoms with van der Waals surface area (Å²) in [5, 5.41) is 19.3. The third kappa shape index (κ3) is 3.89. The van der Waals surface area contributed by atoms with Gasteiger partial charge in [-0.3, -0.25) is 0 Å². The van der Waals surface area contributed by atoms with Crippen LogP contribution >= 0.6 is 0 Å². The number of carbonyl (C=O) groups is 1. The van der Waals surface area contributed by atoms with Crippen molar-refractivity contribution in [3.05, 3.63) is 47.6 Å². The molecule has 0 aromatic rings. The SMILES string of the molecule is C/C=C(\C)C1C(C)=C[C@@H]2[C@H](C1/C=C/C=C/C(=O)O)[C@@H](C)CC[C@@H]2O. The molecule has 0 aromatic carbocycles. The number of aliphatic hydroxyl groups excluding tert-OH is 1. The van der Waals surface area contributed by atoms with E-state index in [1.165, 1.54) is 11.1 Å². The molecule has 0 amide bonds. The lowest BCUT2D eigenvalue weighted by Crippen LogP contribution is -2.45. The summed E-state index contributed by atoms with van der Waals surface area (Å²) in [4.78, 5) is 10.7. The van der Waals surface area contributed by atoms with Crippen LogP contribution in [0.4, 0.5) is 0 Å². The van der Waals surface area contributed by atoms with Crippen molar-refractivity contribution in [3.8, 4) is 0 Å². The van der Waals surface area contributed by atoms with Crippen LogP contribution in [-0.2, 0) is 4.79 Å². The molecule has 0 heterocycles. The number of carboxylic acids is 1. The third-order valence-corrected chi connectivity index (χ3v) is 5.87. The minimum atomic E-state index is -0.931. The average Bonchev–Trinajstić information content (AvgIpc) is 2.53. The lowest BCUT2D eigenvalue weighted by Gasteiger charge is -2.48. The first-order valence-corrected chi connectivity index (χ1v) is 8.93. The van der Waals surface area contributed by atoms with E-state index in [-0.39, 0.29) is 12.0 Å². The Balaban J connectivity index is 2.42. The second-order valence-electron chi connectivity index (χ2n) is 7.36. The minimum absolute atomic E-state index is 0.202. The molecular formula is C21H30O3. The van der Waals surface area contributed by atoms with Gasteiger partial charge in [0.05, 0.1) is 6.10 Å². The third-order valence-electron chi connectivity index (χ3n) is 5.87. The van der Waals surface area contributed by atoms with Gasteiger partial charge in [-0.25, -0.2) is 4.79 Å². The highest BCUT2D eigenvalue weighted by atomic mass is 16.4. The van der Waals surface area contributed by atoms with Gasteiger partial charge in [-0.1, -0.05) is 48.5 Å². The van der Waals surface area contributed by atoms with Crippen LogP contribution in [0.5, 0.6) is 0 Å². The molecule has 6 atom stereocenters. The van der Waals surface area contributed by atoms with Gasteiger partial charge in [0.15, 0.2) is 0 Å². The van der Waals surface area contributed by atoms with Crippen molar-refractivity contribution in [2.75, 3.05) is 0 Å². The molecule has 2 unspecified atom stereocenters. The molecule has 2 N–H and O–H groups in total. The Morgan fingerprint density at radius 1 is 1.29 bits per heavy atom. The number of hydrogen-bond acceptors (Lipinski definition) is 2. The van der Waals surface area contributed by atoms with Crippen molar-refractivity contribution >= 4 is 5.97 Å². The molecule has 24 heavy (non-hydrogen) atoms. The summed E-state index contributed by atoms with van der Waals surface area (Å²) in [6.45, 7) is 8.68. The molecule has 132 valence electrons. The Bertz CT molecular complexity index is 582. The number of allylic oxidation sites excluding steroid dienone is 6. The Morgan fingerprint density at radius 2 is 2.00 bits per heavy atom. The monoisotopic (exact) mass is 330 g/mol. The molecule has 0 aliphatic heterocycles. The van der Waals surface area contributed by atoms with Crippen LogP contribution in [0.3, 0.4) is 0 Å². The topological polar surface area (TPSA) is 57.5 Å². The predicted octanol–water partition coefficient (Wildman–Crippen LogP) is 4.37. The first kappa shape index (κ1) is 18.7. The normalized spacial score (nSPS) is 37.5. The first-order chi connectivity index (χ1) is 11.4. The van der Waals surface area contributed by atoms with E-state index < -0.39 is 5.97 Å². The fourth-order valence-corrected chi connectivity index (χ4v) is 4.66. The lowest BCUT2D eigenvalue weighted by molar-refractivity contribution is -0.131. The number of aliphatic hydroxyl groups is 1. The summed E-state index contributed by atoms with van der Waals surface area (Å²) in [5.74, 6) is 0.838. The summed E-state index contributed by atoms with van der Waals surface area (Å²) >= 11 is 0. The summed E-state index contributed by atoms with van der Waals surface area (Å²) in [5.41, 5.74) is 2.66. The number of hydrogen-bond donors (Lipinski definition) is 2. The summed E-state index contributed by atoms with van der Waals surface area (Å²) in [6, 6.07) is 0. The number of aliphatic carboxylic acids is 1. The molecule has 2 aliphatic carbocycles. The van der Waals surface area contributed by atoms with Crippen molar-refractivity contribution in [2.45, 2.75) is 46.6 Å². The van der Waals surface area contributed by atoms with Gasteiger partial charge < -0.3 is 10.2 Å². The zero-order chi connectivity index (χ0) is 17.9. The van der Waals surface area contributed by atoms with Crippen LogP contribution in [0, 0.1) is 29.6 Å². The molecule has 0 bridgehead atoms. The van der Waals surface area contributed by atoms with Gasteiger partial charge in [0.2, 0.25) is 0 Å². The van der Waals surface area contributed by atoms with Gasteiger partial charge in [-0.05, 0) is 51.4 Å². The number of fused-ring (bicyclic) bond motifs is 1. The van der Waals surface area contributed by atoms with Gasteiger partial charge >= 0.3 is 5.97 Å². The number of carboxylic acid groups (broad SMARTS) is 1. The molecule has 3 nitrogen and oxygen atoms in total. The van der Waals surface area contributed by atoms with Gasteiger partial charge in [-0.15, -0.1) is 0 Å². The molecule has 0 radical (unpaired) electrons. The second kappa shape index (κ2) is 7.98. The van der Waals surface area contributed by atoms with Crippen LogP contribution in [0.25, 0.3) is 0 Å². The van der Waals surface area contributed by atoms with Crippen molar-refractivity contribution in [2.24, 2.45) is 29.6 Å². The maximum Gasteiger partial charge on any atom is 0.328 e. The van der Waals surface area contributed by atoms with E-state index in [0.29, 0.717) is 23.7 Å². The van der Waals surface area contributed by atoms with E-state index >= 15 is 0 Å². The minimum Gasteiger partial charge on any atom is -0.478 e. The van der Waals surface area contributed by atoms with Crippen molar-refractivity contribution in [3.63, 3.8) is 0 Å². The maximum atomic E-state index is 10.7. The number of rotatable bonds is 4. The van der Waals surface area contributed by atoms with E-state index in [0.717, 1.165) is 18.9 Å². The molecule has 1 saturated carbocycles. The Kier molecular flexibility index (Phi) is 6.22. The van der Waals surface area contributed by atoms with Gasteiger partial charge in [0.25, 0.3) is 0 Å². The van der Waals surface area contributed by atoms with Crippen LogP contribution in [0.1, 0.15) is 40.5 Å². The molecular weight excluding hydrogens is 300 g/mol. The van der Waals surface area contributed by atoms with Gasteiger partial charge in [0.1, 0.15) is 0 Å². The maximum absolute atomic E-state index is 10.7. The molecule has 2 aliphatic rings. The Labute approximate surface area is 145 Å². The molecule has 3 heteroatoms. The predicted molar refractivity (Wildman–Crippen MR) is 97.5 cm³/mol. The van der Waals surface area contributed by atoms with Crippen LogP contribution in [-0.4, -0.2) is 22.3 Å². The van der Waals surface area contributed by atoms with Crippen LogP contribution in [0.2, 0.25) is 0 Å². The van der Waals surface area contributed by atoms with Crippen molar-refractivity contribution < 1.29 is 15.0 Å². The Morgan fingerprint density at radius 3 is 2.62 bits per heavy atom. The largest absolute Gasteiger partial charge is 0.478 e. The van der Waals surface area contributed by atoms with Crippen molar-refractivity contribution in [1.82, 2.24) is 0 Å². The molecule has 0 saturated heterocycles. The smallest absolute Gasteiger partial charge is 0.328 e. The zero-order valence-corrected chi connectivity index (χ0v) is 15.1. The fourth-order valence-electron chi connectivity index (χ4n) is 4.66. The first-order valence-electron chi connectivity index (χ1n) is 8.93. The second-order valence-corrected chi connectivity index (χ2v) is 7.36. The van der Waals surface area contributed by atoms with Crippen molar-refractivity contribution in [1.29, 1.82) is 0 Å². The average molecular weight is 330 g/mol. The quantitative estimate of drug-likeness (QED) is 0.457. The standard InChI is InChI=1S/C21H30O3/c1-5-13(2)20-15(4)12-17-18(22)11-10-14(3)21(17)16(20)8-6-7-9-19(23)24/h5-9,12,14,16-18,20-22H,10-11H2,1-4H3,(H,23,24)/b8-6+,9-7+,13-5+/t14-,16?,17-,18-,20?,21-/m0/s1. The molecule has 0 spiro atoms. The zero-order valence-electron chi connectivity index (χ0n) is 15.1. The van der Waals surface area contributed by atoms with Gasteiger partial charge in [0, 0.05) is 17.9 Å². The molecule has 2 rings (SSSR count). The highest BCUT2D eigenvalue weighted by molar-refractivity contribution is 5.80. The summed E-state index contributed by atoms with van der Waals surface area (Å²) in [6.07, 6.45) is 12.9. The van der Waals surface area contributed by atoms with E-state index in [1.54, 1.807) is 6.08 Å². The molecule has 0 aromatic heterocycles. The summed E-state index contributed by atoms with van der Waals surface area (Å²) < 4.78 is 0. The lowest BCUT2D eigenvalue weighted by atomic mass is 9.57. The fraction of sp³-hybridized carbons (Fsp3) is 0.571. The van der Waals surface area contributed by atoms with E-state index in [4.69, 9.17) is 5.11 Å². The van der Waals surface area contributed by atoms with Gasteiger partial charge in [-0.2, -0.15) is 0 Å². The van der Waals surface area contributed by atoms with Crippen LogP contribution in [0.15, 0.2) is 47.6 Å².